The highest BCUT2D eigenvalue weighted by atomic mass is 32.2. The molecule has 0 saturated carbocycles. The van der Waals surface area contributed by atoms with Crippen LogP contribution >= 0.6 is 12.2 Å². The number of hydrogen-bond donors (Lipinski definition) is 1. The molecule has 0 aromatic heterocycles. The lowest BCUT2D eigenvalue weighted by Crippen LogP contribution is -2.51. The van der Waals surface area contributed by atoms with Gasteiger partial charge < -0.3 is 15.0 Å². The molecule has 160 valence electrons. The molecule has 1 aliphatic rings. The van der Waals surface area contributed by atoms with E-state index in [1.807, 2.05) is 59.5 Å². The van der Waals surface area contributed by atoms with E-state index in [0.29, 0.717) is 36.2 Å². The number of hydrogen-bond acceptors (Lipinski definition) is 4. The highest BCUT2D eigenvalue weighted by molar-refractivity contribution is 7.89. The zero-order valence-electron chi connectivity index (χ0n) is 16.8. The van der Waals surface area contributed by atoms with Gasteiger partial charge in [0, 0.05) is 31.9 Å². The SMILES string of the molecule is O=S(=O)(c1ccccc1)N1CCN(C(=S)Nc2ccc(Oc3ccccc3)cc2)CC1. The molecule has 3 aromatic carbocycles. The lowest BCUT2D eigenvalue weighted by Gasteiger charge is -2.35. The lowest BCUT2D eigenvalue weighted by atomic mass is 10.3. The molecular formula is C23H23N3O3S2. The fourth-order valence-corrected chi connectivity index (χ4v) is 5.05. The third-order valence-electron chi connectivity index (χ3n) is 4.99. The Morgan fingerprint density at radius 2 is 1.32 bits per heavy atom. The molecule has 0 bridgehead atoms. The minimum absolute atomic E-state index is 0.321. The summed E-state index contributed by atoms with van der Waals surface area (Å²) in [4.78, 5) is 2.31. The van der Waals surface area contributed by atoms with Gasteiger partial charge in [-0.2, -0.15) is 4.31 Å². The predicted octanol–water partition coefficient (Wildman–Crippen LogP) is 4.18. The Morgan fingerprint density at radius 3 is 1.94 bits per heavy atom. The molecule has 0 atom stereocenters. The Bertz CT molecular complexity index is 1110. The molecule has 0 unspecified atom stereocenters. The third-order valence-corrected chi connectivity index (χ3v) is 7.26. The predicted molar refractivity (Wildman–Crippen MR) is 126 cm³/mol. The summed E-state index contributed by atoms with van der Waals surface area (Å²) in [5, 5.41) is 3.80. The van der Waals surface area contributed by atoms with Crippen LogP contribution in [0.5, 0.6) is 11.5 Å². The Kier molecular flexibility index (Phi) is 6.50. The van der Waals surface area contributed by atoms with Crippen LogP contribution in [0.25, 0.3) is 0 Å². The van der Waals surface area contributed by atoms with Crippen LogP contribution in [-0.4, -0.2) is 48.9 Å². The maximum Gasteiger partial charge on any atom is 0.243 e. The number of anilines is 1. The molecule has 31 heavy (non-hydrogen) atoms. The summed E-state index contributed by atoms with van der Waals surface area (Å²) in [6, 6.07) is 25.7. The van der Waals surface area contributed by atoms with Gasteiger partial charge in [-0.15, -0.1) is 0 Å². The van der Waals surface area contributed by atoms with Crippen molar-refractivity contribution in [2.24, 2.45) is 0 Å². The van der Waals surface area contributed by atoms with Gasteiger partial charge in [0.15, 0.2) is 5.11 Å². The van der Waals surface area contributed by atoms with Gasteiger partial charge in [0.05, 0.1) is 4.90 Å². The molecule has 0 amide bonds. The highest BCUT2D eigenvalue weighted by Gasteiger charge is 2.29. The number of piperazine rings is 1. The minimum atomic E-state index is -3.47. The largest absolute Gasteiger partial charge is 0.457 e. The number of sulfonamides is 1. The summed E-state index contributed by atoms with van der Waals surface area (Å²) in [6.45, 7) is 1.85. The van der Waals surface area contributed by atoms with Crippen LogP contribution in [0.1, 0.15) is 0 Å². The van der Waals surface area contributed by atoms with Crippen LogP contribution in [-0.2, 0) is 10.0 Å². The van der Waals surface area contributed by atoms with E-state index >= 15 is 0 Å². The van der Waals surface area contributed by atoms with Crippen LogP contribution in [0.3, 0.4) is 0 Å². The first-order valence-electron chi connectivity index (χ1n) is 9.96. The second kappa shape index (κ2) is 9.47. The maximum atomic E-state index is 12.8. The number of rotatable bonds is 5. The van der Waals surface area contributed by atoms with E-state index < -0.39 is 10.0 Å². The molecular weight excluding hydrogens is 430 g/mol. The number of nitrogens with zero attached hydrogens (tertiary/aromatic N) is 2. The quantitative estimate of drug-likeness (QED) is 0.585. The second-order valence-corrected chi connectivity index (χ2v) is 9.40. The summed E-state index contributed by atoms with van der Waals surface area (Å²) in [7, 11) is -3.47. The first-order valence-corrected chi connectivity index (χ1v) is 11.8. The van der Waals surface area contributed by atoms with Crippen molar-refractivity contribution in [3.8, 4) is 11.5 Å². The molecule has 1 aliphatic heterocycles. The molecule has 3 aromatic rings. The molecule has 1 N–H and O–H groups in total. The van der Waals surface area contributed by atoms with E-state index in [1.165, 1.54) is 4.31 Å². The summed E-state index contributed by atoms with van der Waals surface area (Å²) >= 11 is 5.53. The van der Waals surface area contributed by atoms with Gasteiger partial charge in [-0.25, -0.2) is 8.42 Å². The van der Waals surface area contributed by atoms with E-state index in [1.54, 1.807) is 30.3 Å². The fourth-order valence-electron chi connectivity index (χ4n) is 3.31. The highest BCUT2D eigenvalue weighted by Crippen LogP contribution is 2.23. The smallest absolute Gasteiger partial charge is 0.243 e. The van der Waals surface area contributed by atoms with Gasteiger partial charge in [0.2, 0.25) is 10.0 Å². The van der Waals surface area contributed by atoms with Crippen molar-refractivity contribution in [2.45, 2.75) is 4.90 Å². The van der Waals surface area contributed by atoms with E-state index in [9.17, 15) is 8.42 Å². The molecule has 8 heteroatoms. The van der Waals surface area contributed by atoms with E-state index in [4.69, 9.17) is 17.0 Å². The van der Waals surface area contributed by atoms with Crippen molar-refractivity contribution >= 4 is 33.0 Å². The van der Waals surface area contributed by atoms with Gasteiger partial charge in [-0.1, -0.05) is 36.4 Å². The normalized spacial score (nSPS) is 14.8. The van der Waals surface area contributed by atoms with E-state index in [-0.39, 0.29) is 0 Å². The van der Waals surface area contributed by atoms with Gasteiger partial charge in [-0.3, -0.25) is 0 Å². The first-order chi connectivity index (χ1) is 15.0. The molecule has 1 fully saturated rings. The van der Waals surface area contributed by atoms with Crippen LogP contribution in [0.2, 0.25) is 0 Å². The topological polar surface area (TPSA) is 61.9 Å². The van der Waals surface area contributed by atoms with Crippen molar-refractivity contribution in [1.29, 1.82) is 0 Å². The van der Waals surface area contributed by atoms with Crippen LogP contribution in [0.4, 0.5) is 5.69 Å². The molecule has 1 heterocycles. The summed E-state index contributed by atoms with van der Waals surface area (Å²) in [5.74, 6) is 1.52. The summed E-state index contributed by atoms with van der Waals surface area (Å²) in [6.07, 6.45) is 0. The average molecular weight is 454 g/mol. The van der Waals surface area contributed by atoms with Gasteiger partial charge in [0.1, 0.15) is 11.5 Å². The van der Waals surface area contributed by atoms with Crippen LogP contribution in [0.15, 0.2) is 89.8 Å². The monoisotopic (exact) mass is 453 g/mol. The van der Waals surface area contributed by atoms with Crippen molar-refractivity contribution in [1.82, 2.24) is 9.21 Å². The zero-order chi connectivity index (χ0) is 21.7. The fraction of sp³-hybridized carbons (Fsp3) is 0.174. The second-order valence-electron chi connectivity index (χ2n) is 7.07. The standard InChI is InChI=1S/C23H23N3O3S2/c27-31(28,22-9-5-2-6-10-22)26-17-15-25(16-18-26)23(30)24-19-11-13-21(14-12-19)29-20-7-3-1-4-8-20/h1-14H,15-18H2,(H,24,30). The third kappa shape index (κ3) is 5.22. The number of benzene rings is 3. The minimum Gasteiger partial charge on any atom is -0.457 e. The number of thiocarbonyl (C=S) groups is 1. The zero-order valence-corrected chi connectivity index (χ0v) is 18.5. The Balaban J connectivity index is 1.31. The summed E-state index contributed by atoms with van der Waals surface area (Å²) < 4.78 is 32.8. The molecule has 0 aliphatic carbocycles. The van der Waals surface area contributed by atoms with Crippen molar-refractivity contribution in [2.75, 3.05) is 31.5 Å². The lowest BCUT2D eigenvalue weighted by molar-refractivity contribution is 0.268. The Hall–Kier alpha value is -2.94. The first kappa shape index (κ1) is 21.3. The van der Waals surface area contributed by atoms with Crippen molar-refractivity contribution in [3.63, 3.8) is 0 Å². The molecule has 6 nitrogen and oxygen atoms in total. The molecule has 0 radical (unpaired) electrons. The number of nitrogens with one attached hydrogen (secondary N) is 1. The maximum absolute atomic E-state index is 12.8. The summed E-state index contributed by atoms with van der Waals surface area (Å²) in [5.41, 5.74) is 0.852. The van der Waals surface area contributed by atoms with Crippen molar-refractivity contribution in [3.05, 3.63) is 84.9 Å². The average Bonchev–Trinajstić information content (AvgIpc) is 2.82. The Morgan fingerprint density at radius 1 is 0.774 bits per heavy atom. The van der Waals surface area contributed by atoms with E-state index in [0.717, 1.165) is 17.2 Å². The van der Waals surface area contributed by atoms with Gasteiger partial charge >= 0.3 is 0 Å². The van der Waals surface area contributed by atoms with Crippen molar-refractivity contribution < 1.29 is 13.2 Å². The van der Waals surface area contributed by atoms with Crippen LogP contribution in [0, 0.1) is 0 Å². The number of para-hydroxylation sites is 1. The molecule has 4 rings (SSSR count). The van der Waals surface area contributed by atoms with E-state index in [2.05, 4.69) is 5.32 Å². The molecule has 1 saturated heterocycles. The van der Waals surface area contributed by atoms with Gasteiger partial charge in [0.25, 0.3) is 0 Å². The molecule has 0 spiro atoms. The number of ether oxygens (including phenoxy) is 1. The van der Waals surface area contributed by atoms with Gasteiger partial charge in [-0.05, 0) is 60.7 Å². The van der Waals surface area contributed by atoms with Crippen LogP contribution < -0.4 is 10.1 Å². The Labute approximate surface area is 188 Å².